The zero-order valence-corrected chi connectivity index (χ0v) is 9.90. The second kappa shape index (κ2) is 4.29. The largest absolute Gasteiger partial charge is 0.325 e. The first-order valence-electron chi connectivity index (χ1n) is 6.16. The lowest BCUT2D eigenvalue weighted by atomic mass is 9.83. The highest BCUT2D eigenvalue weighted by atomic mass is 16.2. The summed E-state index contributed by atoms with van der Waals surface area (Å²) in [6.07, 6.45) is 2.68. The summed E-state index contributed by atoms with van der Waals surface area (Å²) in [4.78, 5) is 28.3. The van der Waals surface area contributed by atoms with Crippen molar-refractivity contribution in [2.24, 2.45) is 0 Å². The monoisotopic (exact) mass is 242 g/mol. The number of H-pyrrole nitrogens is 2. The van der Waals surface area contributed by atoms with Gasteiger partial charge in [0.05, 0.1) is 0 Å². The quantitative estimate of drug-likeness (QED) is 0.796. The van der Waals surface area contributed by atoms with Gasteiger partial charge in [0.25, 0.3) is 5.56 Å². The fourth-order valence-electron chi connectivity index (χ4n) is 2.72. The second-order valence-electron chi connectivity index (χ2n) is 4.66. The smallest absolute Gasteiger partial charge is 0.310 e. The summed E-state index contributed by atoms with van der Waals surface area (Å²) >= 11 is 0. The van der Waals surface area contributed by atoms with E-state index in [0.29, 0.717) is 0 Å². The minimum absolute atomic E-state index is 0.130. The van der Waals surface area contributed by atoms with E-state index in [1.165, 1.54) is 0 Å². The molecule has 0 radical (unpaired) electrons. The minimum Gasteiger partial charge on any atom is -0.310 e. The number of rotatable bonds is 1. The van der Waals surface area contributed by atoms with E-state index in [2.05, 4.69) is 9.97 Å². The minimum atomic E-state index is -0.415. The number of benzene rings is 1. The highest BCUT2D eigenvalue weighted by Crippen LogP contribution is 2.33. The molecule has 1 aromatic carbocycles. The molecule has 0 spiro atoms. The van der Waals surface area contributed by atoms with Crippen LogP contribution in [0.4, 0.5) is 0 Å². The number of hydrogen-bond donors (Lipinski definition) is 2. The van der Waals surface area contributed by atoms with Crippen LogP contribution in [0.25, 0.3) is 0 Å². The van der Waals surface area contributed by atoms with Crippen molar-refractivity contribution in [2.45, 2.75) is 25.2 Å². The lowest BCUT2D eigenvalue weighted by Crippen LogP contribution is -2.31. The molecular weight excluding hydrogens is 228 g/mol. The third kappa shape index (κ3) is 1.79. The summed E-state index contributed by atoms with van der Waals surface area (Å²) in [5.41, 5.74) is 2.02. The predicted molar refractivity (Wildman–Crippen MR) is 68.9 cm³/mol. The third-order valence-electron chi connectivity index (χ3n) is 3.54. The zero-order valence-electron chi connectivity index (χ0n) is 9.90. The van der Waals surface area contributed by atoms with Crippen LogP contribution in [0.15, 0.2) is 39.9 Å². The van der Waals surface area contributed by atoms with Gasteiger partial charge in [-0.3, -0.25) is 9.78 Å². The maximum atomic E-state index is 11.8. The van der Waals surface area contributed by atoms with Gasteiger partial charge >= 0.3 is 5.69 Å². The van der Waals surface area contributed by atoms with E-state index in [4.69, 9.17) is 0 Å². The maximum Gasteiger partial charge on any atom is 0.325 e. The van der Waals surface area contributed by atoms with Crippen LogP contribution in [-0.2, 0) is 6.42 Å². The van der Waals surface area contributed by atoms with Gasteiger partial charge in [0.15, 0.2) is 0 Å². The van der Waals surface area contributed by atoms with Gasteiger partial charge in [-0.2, -0.15) is 0 Å². The summed E-state index contributed by atoms with van der Waals surface area (Å²) < 4.78 is 0. The molecule has 0 amide bonds. The summed E-state index contributed by atoms with van der Waals surface area (Å²) in [5, 5.41) is 0. The molecule has 0 aliphatic heterocycles. The molecule has 1 aliphatic rings. The Bertz CT molecular complexity index is 670. The molecule has 18 heavy (non-hydrogen) atoms. The van der Waals surface area contributed by atoms with Gasteiger partial charge in [-0.1, -0.05) is 30.3 Å². The Morgan fingerprint density at radius 2 is 1.83 bits per heavy atom. The Kier molecular flexibility index (Phi) is 2.63. The van der Waals surface area contributed by atoms with Crippen LogP contribution in [0.2, 0.25) is 0 Å². The SMILES string of the molecule is O=c1[nH]c2c(c(=O)[nH]1)CCCC2c1ccccc1. The Hall–Kier alpha value is -2.10. The molecule has 0 saturated heterocycles. The van der Waals surface area contributed by atoms with E-state index in [-0.39, 0.29) is 11.5 Å². The molecule has 1 heterocycles. The van der Waals surface area contributed by atoms with E-state index in [0.717, 1.165) is 36.1 Å². The zero-order chi connectivity index (χ0) is 12.5. The summed E-state index contributed by atoms with van der Waals surface area (Å²) in [6, 6.07) is 10.0. The van der Waals surface area contributed by atoms with Crippen molar-refractivity contribution in [1.29, 1.82) is 0 Å². The van der Waals surface area contributed by atoms with E-state index in [9.17, 15) is 9.59 Å². The maximum absolute atomic E-state index is 11.8. The standard InChI is InChI=1S/C14H14N2O2/c17-13-11-8-4-7-10(9-5-2-1-3-6-9)12(11)15-14(18)16-13/h1-3,5-6,10H,4,7-8H2,(H2,15,16,17,18). The van der Waals surface area contributed by atoms with Crippen LogP contribution in [0, 0.1) is 0 Å². The van der Waals surface area contributed by atoms with Crippen LogP contribution >= 0.6 is 0 Å². The molecule has 92 valence electrons. The van der Waals surface area contributed by atoms with Crippen molar-refractivity contribution < 1.29 is 0 Å². The van der Waals surface area contributed by atoms with Crippen LogP contribution in [-0.4, -0.2) is 9.97 Å². The number of fused-ring (bicyclic) bond motifs is 1. The number of aromatic nitrogens is 2. The van der Waals surface area contributed by atoms with Gasteiger partial charge in [0.2, 0.25) is 0 Å². The van der Waals surface area contributed by atoms with Crippen molar-refractivity contribution in [3.8, 4) is 0 Å². The molecule has 2 aromatic rings. The normalized spacial score (nSPS) is 18.3. The topological polar surface area (TPSA) is 65.7 Å². The second-order valence-corrected chi connectivity index (χ2v) is 4.66. The van der Waals surface area contributed by atoms with Crippen molar-refractivity contribution in [3.05, 3.63) is 68.0 Å². The molecule has 0 bridgehead atoms. The third-order valence-corrected chi connectivity index (χ3v) is 3.54. The van der Waals surface area contributed by atoms with Crippen LogP contribution < -0.4 is 11.2 Å². The molecule has 1 aromatic heterocycles. The van der Waals surface area contributed by atoms with Gasteiger partial charge in [-0.15, -0.1) is 0 Å². The summed E-state index contributed by atoms with van der Waals surface area (Å²) in [7, 11) is 0. The Morgan fingerprint density at radius 1 is 1.06 bits per heavy atom. The first-order chi connectivity index (χ1) is 8.75. The van der Waals surface area contributed by atoms with Crippen molar-refractivity contribution in [1.82, 2.24) is 9.97 Å². The van der Waals surface area contributed by atoms with E-state index < -0.39 is 5.69 Å². The number of nitrogens with one attached hydrogen (secondary N) is 2. The molecule has 0 fully saturated rings. The predicted octanol–water partition coefficient (Wildman–Crippen LogP) is 1.53. The van der Waals surface area contributed by atoms with E-state index in [1.807, 2.05) is 30.3 Å². The number of hydrogen-bond acceptors (Lipinski definition) is 2. The van der Waals surface area contributed by atoms with Gasteiger partial charge < -0.3 is 4.98 Å². The molecule has 2 N–H and O–H groups in total. The average molecular weight is 242 g/mol. The van der Waals surface area contributed by atoms with Crippen LogP contribution in [0.5, 0.6) is 0 Å². The molecular formula is C14H14N2O2. The number of aromatic amines is 2. The van der Waals surface area contributed by atoms with Gasteiger partial charge in [-0.05, 0) is 24.8 Å². The lowest BCUT2D eigenvalue weighted by Gasteiger charge is -2.24. The van der Waals surface area contributed by atoms with Crippen molar-refractivity contribution in [2.75, 3.05) is 0 Å². The Labute approximate surface area is 104 Å². The first-order valence-corrected chi connectivity index (χ1v) is 6.16. The molecule has 4 heteroatoms. The van der Waals surface area contributed by atoms with Gasteiger partial charge in [0, 0.05) is 17.2 Å². The molecule has 3 rings (SSSR count). The van der Waals surface area contributed by atoms with E-state index >= 15 is 0 Å². The fourth-order valence-corrected chi connectivity index (χ4v) is 2.72. The highest BCUT2D eigenvalue weighted by molar-refractivity contribution is 5.34. The molecule has 1 atom stereocenters. The van der Waals surface area contributed by atoms with Crippen LogP contribution in [0.1, 0.15) is 35.6 Å². The molecule has 1 unspecified atom stereocenters. The van der Waals surface area contributed by atoms with Crippen LogP contribution in [0.3, 0.4) is 0 Å². The Morgan fingerprint density at radius 3 is 2.61 bits per heavy atom. The average Bonchev–Trinajstić information content (AvgIpc) is 2.39. The molecule has 1 aliphatic carbocycles. The first kappa shape index (κ1) is 11.0. The summed E-state index contributed by atoms with van der Waals surface area (Å²) in [5.74, 6) is 0.130. The van der Waals surface area contributed by atoms with Gasteiger partial charge in [-0.25, -0.2) is 4.79 Å². The molecule has 0 saturated carbocycles. The van der Waals surface area contributed by atoms with Crippen molar-refractivity contribution in [3.63, 3.8) is 0 Å². The molecule has 4 nitrogen and oxygen atoms in total. The van der Waals surface area contributed by atoms with E-state index in [1.54, 1.807) is 0 Å². The van der Waals surface area contributed by atoms with Gasteiger partial charge in [0.1, 0.15) is 0 Å². The summed E-state index contributed by atoms with van der Waals surface area (Å²) in [6.45, 7) is 0. The fraction of sp³-hybridized carbons (Fsp3) is 0.286. The Balaban J connectivity index is 2.18. The highest BCUT2D eigenvalue weighted by Gasteiger charge is 2.24. The lowest BCUT2D eigenvalue weighted by molar-refractivity contribution is 0.586. The van der Waals surface area contributed by atoms with Crippen molar-refractivity contribution >= 4 is 0 Å².